The molecule has 0 unspecified atom stereocenters. The van der Waals surface area contributed by atoms with E-state index in [-0.39, 0.29) is 17.1 Å². The number of carbonyl (C=O) groups excluding carboxylic acids is 3. The molecule has 0 bridgehead atoms. The van der Waals surface area contributed by atoms with Crippen LogP contribution in [0.4, 0.5) is 15.5 Å². The summed E-state index contributed by atoms with van der Waals surface area (Å²) >= 11 is 8.29. The number of halogens is 1. The van der Waals surface area contributed by atoms with Gasteiger partial charge in [-0.3, -0.25) is 14.4 Å². The fourth-order valence-electron chi connectivity index (χ4n) is 2.62. The smallest absolute Gasteiger partial charge is 0.286 e. The molecular formula is C22H20ClN3O3S2. The normalized spacial score (nSPS) is 10.5. The number of anilines is 2. The highest BCUT2D eigenvalue weighted by atomic mass is 35.5. The van der Waals surface area contributed by atoms with E-state index in [1.54, 1.807) is 75.6 Å². The molecule has 9 heteroatoms. The lowest BCUT2D eigenvalue weighted by atomic mass is 10.2. The van der Waals surface area contributed by atoms with Crippen LogP contribution >= 0.6 is 34.7 Å². The van der Waals surface area contributed by atoms with Crippen molar-refractivity contribution in [2.45, 2.75) is 11.8 Å². The standard InChI is InChI=1S/C22H20ClN3O3S2/c1-13-12-18(25-20(27)14-8-4-5-9-15(14)23)31-19(13)21(28)24-16-10-6-7-11-17(16)30-22(29)26(2)3/h4-12H,1-3H3,(H,24,28)(H,25,27). The Kier molecular flexibility index (Phi) is 7.37. The van der Waals surface area contributed by atoms with Crippen molar-refractivity contribution in [3.8, 4) is 0 Å². The van der Waals surface area contributed by atoms with Gasteiger partial charge in [0.1, 0.15) is 0 Å². The fraction of sp³-hybridized carbons (Fsp3) is 0.136. The van der Waals surface area contributed by atoms with Crippen molar-refractivity contribution in [3.63, 3.8) is 0 Å². The van der Waals surface area contributed by atoms with Crippen LogP contribution in [0.1, 0.15) is 25.6 Å². The molecule has 0 atom stereocenters. The molecule has 1 heterocycles. The zero-order valence-corrected chi connectivity index (χ0v) is 19.5. The van der Waals surface area contributed by atoms with Crippen molar-refractivity contribution < 1.29 is 14.4 Å². The molecule has 1 aromatic heterocycles. The highest BCUT2D eigenvalue weighted by Crippen LogP contribution is 2.32. The van der Waals surface area contributed by atoms with Crippen molar-refractivity contribution in [1.29, 1.82) is 0 Å². The molecule has 3 rings (SSSR count). The molecule has 0 aliphatic rings. The lowest BCUT2D eigenvalue weighted by molar-refractivity contribution is 0.102. The predicted molar refractivity (Wildman–Crippen MR) is 128 cm³/mol. The van der Waals surface area contributed by atoms with Crippen LogP contribution in [0, 0.1) is 6.92 Å². The minimum Gasteiger partial charge on any atom is -0.339 e. The van der Waals surface area contributed by atoms with Crippen molar-refractivity contribution in [2.24, 2.45) is 0 Å². The Morgan fingerprint density at radius 3 is 2.35 bits per heavy atom. The average Bonchev–Trinajstić information content (AvgIpc) is 3.09. The summed E-state index contributed by atoms with van der Waals surface area (Å²) in [6.45, 7) is 1.80. The van der Waals surface area contributed by atoms with Gasteiger partial charge in [0.15, 0.2) is 0 Å². The second kappa shape index (κ2) is 10.00. The van der Waals surface area contributed by atoms with E-state index in [4.69, 9.17) is 11.6 Å². The molecule has 0 aliphatic heterocycles. The van der Waals surface area contributed by atoms with Gasteiger partial charge in [-0.2, -0.15) is 0 Å². The zero-order valence-electron chi connectivity index (χ0n) is 17.1. The van der Waals surface area contributed by atoms with Gasteiger partial charge in [-0.1, -0.05) is 35.9 Å². The number of carbonyl (C=O) groups is 3. The van der Waals surface area contributed by atoms with Gasteiger partial charge in [0.2, 0.25) is 0 Å². The van der Waals surface area contributed by atoms with Crippen LogP contribution in [0.3, 0.4) is 0 Å². The van der Waals surface area contributed by atoms with Crippen LogP contribution in [0.25, 0.3) is 0 Å². The molecular weight excluding hydrogens is 454 g/mol. The lowest BCUT2D eigenvalue weighted by Crippen LogP contribution is -2.17. The van der Waals surface area contributed by atoms with E-state index < -0.39 is 0 Å². The van der Waals surface area contributed by atoms with E-state index in [1.165, 1.54) is 16.2 Å². The third-order valence-electron chi connectivity index (χ3n) is 4.18. The predicted octanol–water partition coefficient (Wildman–Crippen LogP) is 5.99. The molecule has 0 fully saturated rings. The average molecular weight is 474 g/mol. The topological polar surface area (TPSA) is 78.5 Å². The van der Waals surface area contributed by atoms with Crippen molar-refractivity contribution in [1.82, 2.24) is 4.90 Å². The van der Waals surface area contributed by atoms with Crippen molar-refractivity contribution >= 4 is 62.4 Å². The van der Waals surface area contributed by atoms with E-state index in [1.807, 2.05) is 0 Å². The first kappa shape index (κ1) is 22.9. The van der Waals surface area contributed by atoms with Gasteiger partial charge in [-0.05, 0) is 54.6 Å². The second-order valence-electron chi connectivity index (χ2n) is 6.77. The number of thioether (sulfide) groups is 1. The van der Waals surface area contributed by atoms with Crippen LogP contribution in [0.15, 0.2) is 59.5 Å². The van der Waals surface area contributed by atoms with E-state index in [2.05, 4.69) is 10.6 Å². The number of benzene rings is 2. The van der Waals surface area contributed by atoms with Gasteiger partial charge in [-0.15, -0.1) is 11.3 Å². The number of para-hydroxylation sites is 1. The molecule has 0 radical (unpaired) electrons. The van der Waals surface area contributed by atoms with Gasteiger partial charge in [-0.25, -0.2) is 0 Å². The number of nitrogens with zero attached hydrogens (tertiary/aromatic N) is 1. The molecule has 3 aromatic rings. The first-order chi connectivity index (χ1) is 14.8. The van der Waals surface area contributed by atoms with Gasteiger partial charge < -0.3 is 15.5 Å². The number of aryl methyl sites for hydroxylation is 1. The number of thiophene rings is 1. The van der Waals surface area contributed by atoms with Crippen LogP contribution in [0.5, 0.6) is 0 Å². The third-order valence-corrected chi connectivity index (χ3v) is 6.77. The summed E-state index contributed by atoms with van der Waals surface area (Å²) in [6.07, 6.45) is 0. The second-order valence-corrected chi connectivity index (χ2v) is 9.22. The van der Waals surface area contributed by atoms with E-state index in [0.717, 1.165) is 17.3 Å². The summed E-state index contributed by atoms with van der Waals surface area (Å²) in [5, 5.41) is 6.41. The Bertz CT molecular complexity index is 1140. The SMILES string of the molecule is Cc1cc(NC(=O)c2ccccc2Cl)sc1C(=O)Nc1ccccc1SC(=O)N(C)C. The molecule has 0 spiro atoms. The van der Waals surface area contributed by atoms with Gasteiger partial charge in [0.25, 0.3) is 17.1 Å². The quantitative estimate of drug-likeness (QED) is 0.446. The maximum Gasteiger partial charge on any atom is 0.286 e. The summed E-state index contributed by atoms with van der Waals surface area (Å²) in [4.78, 5) is 40.0. The molecule has 2 aromatic carbocycles. The van der Waals surface area contributed by atoms with E-state index in [0.29, 0.717) is 31.0 Å². The summed E-state index contributed by atoms with van der Waals surface area (Å²) in [7, 11) is 3.34. The maximum absolute atomic E-state index is 12.9. The Labute approximate surface area is 193 Å². The molecule has 3 amide bonds. The van der Waals surface area contributed by atoms with E-state index >= 15 is 0 Å². The summed E-state index contributed by atoms with van der Waals surface area (Å²) in [6, 6.07) is 15.6. The molecule has 0 saturated heterocycles. The van der Waals surface area contributed by atoms with Crippen molar-refractivity contribution in [2.75, 3.05) is 24.7 Å². The molecule has 0 aliphatic carbocycles. The maximum atomic E-state index is 12.9. The molecule has 0 saturated carbocycles. The lowest BCUT2D eigenvalue weighted by Gasteiger charge is -2.13. The monoisotopic (exact) mass is 473 g/mol. The third kappa shape index (κ3) is 5.66. The fourth-order valence-corrected chi connectivity index (χ4v) is 4.55. The number of rotatable bonds is 5. The first-order valence-electron chi connectivity index (χ1n) is 9.22. The van der Waals surface area contributed by atoms with Gasteiger partial charge in [0.05, 0.1) is 26.2 Å². The number of hydrogen-bond acceptors (Lipinski definition) is 5. The Morgan fingerprint density at radius 2 is 1.65 bits per heavy atom. The van der Waals surface area contributed by atoms with Crippen LogP contribution in [-0.2, 0) is 0 Å². The summed E-state index contributed by atoms with van der Waals surface area (Å²) in [5.41, 5.74) is 1.63. The minimum absolute atomic E-state index is 0.140. The summed E-state index contributed by atoms with van der Waals surface area (Å²) in [5.74, 6) is -0.658. The minimum atomic E-state index is -0.345. The van der Waals surface area contributed by atoms with Crippen molar-refractivity contribution in [3.05, 3.63) is 75.6 Å². The van der Waals surface area contributed by atoms with Gasteiger partial charge in [0, 0.05) is 19.0 Å². The van der Waals surface area contributed by atoms with E-state index in [9.17, 15) is 14.4 Å². The largest absolute Gasteiger partial charge is 0.339 e. The Hall–Kier alpha value is -2.81. The number of nitrogens with one attached hydrogen (secondary N) is 2. The van der Waals surface area contributed by atoms with Crippen LogP contribution < -0.4 is 10.6 Å². The Morgan fingerprint density at radius 1 is 0.968 bits per heavy atom. The first-order valence-corrected chi connectivity index (χ1v) is 11.2. The van der Waals surface area contributed by atoms with Gasteiger partial charge >= 0.3 is 0 Å². The molecule has 2 N–H and O–H groups in total. The number of hydrogen-bond donors (Lipinski definition) is 2. The molecule has 6 nitrogen and oxygen atoms in total. The highest BCUT2D eigenvalue weighted by molar-refractivity contribution is 8.13. The number of amides is 3. The van der Waals surface area contributed by atoms with Crippen LogP contribution in [-0.4, -0.2) is 36.0 Å². The molecule has 160 valence electrons. The zero-order chi connectivity index (χ0) is 22.5. The Balaban J connectivity index is 1.76. The molecule has 31 heavy (non-hydrogen) atoms. The van der Waals surface area contributed by atoms with Crippen LogP contribution in [0.2, 0.25) is 5.02 Å². The highest BCUT2D eigenvalue weighted by Gasteiger charge is 2.18. The summed E-state index contributed by atoms with van der Waals surface area (Å²) < 4.78 is 0.